The van der Waals surface area contributed by atoms with Gasteiger partial charge in [0.2, 0.25) is 0 Å². The fraction of sp³-hybridized carbons (Fsp3) is 0.286. The van der Waals surface area contributed by atoms with Gasteiger partial charge in [-0.25, -0.2) is 0 Å². The van der Waals surface area contributed by atoms with Gasteiger partial charge in [-0.1, -0.05) is 11.6 Å². The van der Waals surface area contributed by atoms with Crippen molar-refractivity contribution in [2.24, 2.45) is 7.05 Å². The molecular weight excluding hydrogens is 169 g/mol. The Morgan fingerprint density at radius 1 is 1.64 bits per heavy atom. The molecule has 1 aromatic heterocycles. The summed E-state index contributed by atoms with van der Waals surface area (Å²) < 4.78 is 13.8. The normalized spacial score (nSPS) is 10.2. The second-order valence-electron chi connectivity index (χ2n) is 2.33. The van der Waals surface area contributed by atoms with Gasteiger partial charge in [-0.15, -0.1) is 0 Å². The van der Waals surface area contributed by atoms with E-state index in [4.69, 9.17) is 11.6 Å². The molecule has 0 bridgehead atoms. The van der Waals surface area contributed by atoms with E-state index >= 15 is 0 Å². The van der Waals surface area contributed by atoms with E-state index in [1.54, 1.807) is 6.92 Å². The number of hydrogen-bond acceptors (Lipinski definition) is 1. The van der Waals surface area contributed by atoms with Gasteiger partial charge in [0.15, 0.2) is 5.95 Å². The quantitative estimate of drug-likeness (QED) is 0.548. The third-order valence-electron chi connectivity index (χ3n) is 1.47. The van der Waals surface area contributed by atoms with Gasteiger partial charge in [-0.2, -0.15) is 4.39 Å². The Morgan fingerprint density at radius 3 is 2.73 bits per heavy atom. The van der Waals surface area contributed by atoms with Crippen LogP contribution in [-0.4, -0.2) is 4.57 Å². The second-order valence-corrected chi connectivity index (χ2v) is 2.74. The molecule has 0 aromatic carbocycles. The van der Waals surface area contributed by atoms with Gasteiger partial charge < -0.3 is 0 Å². The van der Waals surface area contributed by atoms with Crippen LogP contribution in [0.1, 0.15) is 5.56 Å². The molecule has 0 N–H and O–H groups in total. The monoisotopic (exact) mass is 175 g/mol. The molecule has 1 rings (SSSR count). The summed E-state index contributed by atoms with van der Waals surface area (Å²) >= 11 is 5.49. The summed E-state index contributed by atoms with van der Waals surface area (Å²) in [6, 6.07) is 1.32. The fourth-order valence-corrected chi connectivity index (χ4v) is 1.12. The van der Waals surface area contributed by atoms with Crippen LogP contribution in [0, 0.1) is 12.9 Å². The third kappa shape index (κ3) is 1.28. The number of aryl methyl sites for hydroxylation is 1. The Balaban J connectivity index is 3.59. The first-order chi connectivity index (χ1) is 5.04. The Bertz CT molecular complexity index is 345. The van der Waals surface area contributed by atoms with Gasteiger partial charge in [-0.3, -0.25) is 9.36 Å². The largest absolute Gasteiger partial charge is 0.287 e. The van der Waals surface area contributed by atoms with Gasteiger partial charge in [-0.05, 0) is 13.0 Å². The molecule has 1 heterocycles. The summed E-state index contributed by atoms with van der Waals surface area (Å²) in [7, 11) is 1.34. The summed E-state index contributed by atoms with van der Waals surface area (Å²) in [6.07, 6.45) is 0. The average Bonchev–Trinajstić information content (AvgIpc) is 1.97. The van der Waals surface area contributed by atoms with E-state index in [9.17, 15) is 9.18 Å². The first kappa shape index (κ1) is 8.27. The van der Waals surface area contributed by atoms with E-state index in [0.29, 0.717) is 5.56 Å². The maximum Gasteiger partial charge on any atom is 0.271 e. The highest BCUT2D eigenvalue weighted by molar-refractivity contribution is 6.30. The summed E-state index contributed by atoms with van der Waals surface area (Å²) in [5.74, 6) is -0.542. The lowest BCUT2D eigenvalue weighted by Gasteiger charge is -2.02. The zero-order valence-electron chi connectivity index (χ0n) is 6.19. The van der Waals surface area contributed by atoms with Gasteiger partial charge in [0.05, 0.1) is 0 Å². The Morgan fingerprint density at radius 2 is 2.18 bits per heavy atom. The van der Waals surface area contributed by atoms with Crippen molar-refractivity contribution in [1.82, 2.24) is 4.57 Å². The first-order valence-corrected chi connectivity index (χ1v) is 3.43. The SMILES string of the molecule is Cc1cc(Cl)c(=O)n(C)c1F. The third-order valence-corrected chi connectivity index (χ3v) is 1.74. The number of hydrogen-bond donors (Lipinski definition) is 0. The van der Waals surface area contributed by atoms with Crippen molar-refractivity contribution >= 4 is 11.6 Å². The molecule has 1 aromatic rings. The predicted octanol–water partition coefficient (Wildman–Crippen LogP) is 1.49. The Kier molecular flexibility index (Phi) is 2.00. The van der Waals surface area contributed by atoms with Crippen molar-refractivity contribution in [2.75, 3.05) is 0 Å². The summed E-state index contributed by atoms with van der Waals surface area (Å²) in [5.41, 5.74) is -0.133. The molecule has 11 heavy (non-hydrogen) atoms. The van der Waals surface area contributed by atoms with Gasteiger partial charge >= 0.3 is 0 Å². The topological polar surface area (TPSA) is 22.0 Å². The van der Waals surface area contributed by atoms with E-state index in [-0.39, 0.29) is 5.02 Å². The molecule has 60 valence electrons. The summed E-state index contributed by atoms with van der Waals surface area (Å²) in [6.45, 7) is 1.56. The highest BCUT2D eigenvalue weighted by atomic mass is 35.5. The first-order valence-electron chi connectivity index (χ1n) is 3.05. The van der Waals surface area contributed by atoms with Crippen LogP contribution in [0.2, 0.25) is 5.02 Å². The van der Waals surface area contributed by atoms with E-state index in [2.05, 4.69) is 0 Å². The minimum Gasteiger partial charge on any atom is -0.287 e. The summed E-state index contributed by atoms with van der Waals surface area (Å²) in [4.78, 5) is 10.9. The number of rotatable bonds is 0. The number of aromatic nitrogens is 1. The zero-order chi connectivity index (χ0) is 8.59. The molecule has 0 amide bonds. The highest BCUT2D eigenvalue weighted by Gasteiger charge is 2.06. The van der Waals surface area contributed by atoms with Crippen LogP contribution in [0.25, 0.3) is 0 Å². The molecule has 0 radical (unpaired) electrons. The molecule has 0 aliphatic heterocycles. The van der Waals surface area contributed by atoms with Gasteiger partial charge in [0, 0.05) is 12.6 Å². The molecular formula is C7H7ClFNO. The minimum absolute atomic E-state index is 0.0476. The molecule has 0 aliphatic carbocycles. The Hall–Kier alpha value is -0.830. The molecule has 4 heteroatoms. The molecule has 0 aliphatic rings. The highest BCUT2D eigenvalue weighted by Crippen LogP contribution is 2.07. The molecule has 0 spiro atoms. The van der Waals surface area contributed by atoms with Crippen LogP contribution >= 0.6 is 11.6 Å². The van der Waals surface area contributed by atoms with E-state index < -0.39 is 11.5 Å². The standard InChI is InChI=1S/C7H7ClFNO/c1-4-3-5(8)7(11)10(2)6(4)9/h3H,1-2H3. The van der Waals surface area contributed by atoms with Crippen LogP contribution < -0.4 is 5.56 Å². The van der Waals surface area contributed by atoms with Crippen molar-refractivity contribution in [3.8, 4) is 0 Å². The lowest BCUT2D eigenvalue weighted by atomic mass is 10.3. The van der Waals surface area contributed by atoms with Gasteiger partial charge in [0.25, 0.3) is 5.56 Å². The molecule has 0 saturated carbocycles. The van der Waals surface area contributed by atoms with E-state index in [1.165, 1.54) is 13.1 Å². The maximum atomic E-state index is 12.9. The van der Waals surface area contributed by atoms with Crippen molar-refractivity contribution in [1.29, 1.82) is 0 Å². The maximum absolute atomic E-state index is 12.9. The van der Waals surface area contributed by atoms with Crippen molar-refractivity contribution in [3.05, 3.63) is 33.0 Å². The molecule has 2 nitrogen and oxygen atoms in total. The van der Waals surface area contributed by atoms with Crippen molar-refractivity contribution < 1.29 is 4.39 Å². The second kappa shape index (κ2) is 2.66. The number of pyridine rings is 1. The Labute approximate surface area is 68.2 Å². The van der Waals surface area contributed by atoms with Crippen molar-refractivity contribution in [3.63, 3.8) is 0 Å². The molecule has 0 unspecified atom stereocenters. The van der Waals surface area contributed by atoms with Crippen molar-refractivity contribution in [2.45, 2.75) is 6.92 Å². The van der Waals surface area contributed by atoms with Crippen LogP contribution in [0.3, 0.4) is 0 Å². The molecule has 0 saturated heterocycles. The summed E-state index contributed by atoms with van der Waals surface area (Å²) in [5, 5.41) is 0.0476. The zero-order valence-corrected chi connectivity index (χ0v) is 6.94. The molecule has 0 fully saturated rings. The fourth-order valence-electron chi connectivity index (χ4n) is 0.825. The number of halogens is 2. The predicted molar refractivity (Wildman–Crippen MR) is 41.4 cm³/mol. The lowest BCUT2D eigenvalue weighted by molar-refractivity contribution is 0.507. The van der Waals surface area contributed by atoms with Crippen LogP contribution in [0.15, 0.2) is 10.9 Å². The van der Waals surface area contributed by atoms with Crippen LogP contribution in [0.5, 0.6) is 0 Å². The van der Waals surface area contributed by atoms with Crippen LogP contribution in [0.4, 0.5) is 4.39 Å². The van der Waals surface area contributed by atoms with E-state index in [0.717, 1.165) is 4.57 Å². The smallest absolute Gasteiger partial charge is 0.271 e. The number of nitrogens with zero attached hydrogens (tertiary/aromatic N) is 1. The minimum atomic E-state index is -0.542. The van der Waals surface area contributed by atoms with Gasteiger partial charge in [0.1, 0.15) is 5.02 Å². The lowest BCUT2D eigenvalue weighted by Crippen LogP contribution is -2.20. The average molecular weight is 176 g/mol. The van der Waals surface area contributed by atoms with E-state index in [1.807, 2.05) is 0 Å². The van der Waals surface area contributed by atoms with Crippen LogP contribution in [-0.2, 0) is 7.05 Å². The molecule has 0 atom stereocenters.